The van der Waals surface area contributed by atoms with Crippen LogP contribution in [-0.2, 0) is 22.4 Å². The number of benzene rings is 2. The summed E-state index contributed by atoms with van der Waals surface area (Å²) < 4.78 is 5.30. The Balaban J connectivity index is 2.00. The van der Waals surface area contributed by atoms with Crippen molar-refractivity contribution in [3.05, 3.63) is 63.6 Å². The third-order valence-corrected chi connectivity index (χ3v) is 6.59. The van der Waals surface area contributed by atoms with Crippen LogP contribution in [-0.4, -0.2) is 47.8 Å². The molecule has 0 saturated heterocycles. The van der Waals surface area contributed by atoms with Gasteiger partial charge in [0.1, 0.15) is 0 Å². The summed E-state index contributed by atoms with van der Waals surface area (Å²) in [5.41, 5.74) is 2.46. The van der Waals surface area contributed by atoms with E-state index in [1.165, 1.54) is 12.8 Å². The van der Waals surface area contributed by atoms with Crippen LogP contribution in [0.1, 0.15) is 57.1 Å². The van der Waals surface area contributed by atoms with Crippen LogP contribution in [0.2, 0.25) is 10.0 Å². The van der Waals surface area contributed by atoms with Crippen molar-refractivity contribution in [3.63, 3.8) is 0 Å². The maximum Gasteiger partial charge on any atom is 0.333 e. The van der Waals surface area contributed by atoms with Crippen LogP contribution < -0.4 is 5.32 Å². The third kappa shape index (κ3) is 10.1. The molecule has 0 aromatic heterocycles. The van der Waals surface area contributed by atoms with Crippen LogP contribution in [0.15, 0.2) is 42.5 Å². The number of nitrogens with zero attached hydrogens (tertiary/aromatic N) is 1. The third-order valence-electron chi connectivity index (χ3n) is 5.77. The average Bonchev–Trinajstić information content (AvgIpc) is 2.84. The second-order valence-corrected chi connectivity index (χ2v) is 9.27. The molecule has 0 spiro atoms. The molecular formula is C27H36Cl2N2O4. The number of anilines is 1. The molecule has 0 heterocycles. The summed E-state index contributed by atoms with van der Waals surface area (Å²) in [5.74, 6) is -0.962. The maximum atomic E-state index is 13.1. The Morgan fingerprint density at radius 2 is 1.66 bits per heavy atom. The normalized spacial score (nSPS) is 11.8. The van der Waals surface area contributed by atoms with Gasteiger partial charge in [-0.2, -0.15) is 0 Å². The lowest BCUT2D eigenvalue weighted by Crippen LogP contribution is -2.37. The molecule has 2 rings (SSSR count). The first-order chi connectivity index (χ1) is 16.8. The Labute approximate surface area is 218 Å². The first kappa shape index (κ1) is 29.0. The van der Waals surface area contributed by atoms with E-state index >= 15 is 0 Å². The summed E-state index contributed by atoms with van der Waals surface area (Å²) in [4.78, 5) is 26.2. The van der Waals surface area contributed by atoms with Crippen molar-refractivity contribution in [1.82, 2.24) is 4.90 Å². The number of aliphatic carboxylic acids is 1. The zero-order valence-electron chi connectivity index (χ0n) is 20.6. The molecule has 0 fully saturated rings. The quantitative estimate of drug-likeness (QED) is 0.245. The number of urea groups is 1. The van der Waals surface area contributed by atoms with Gasteiger partial charge in [0, 0.05) is 26.1 Å². The van der Waals surface area contributed by atoms with E-state index in [1.807, 2.05) is 29.2 Å². The number of nitrogens with one attached hydrogen (secondary N) is 1. The molecular weight excluding hydrogens is 487 g/mol. The highest BCUT2D eigenvalue weighted by Gasteiger charge is 2.18. The minimum absolute atomic E-state index is 0.206. The zero-order valence-corrected chi connectivity index (χ0v) is 22.1. The van der Waals surface area contributed by atoms with E-state index < -0.39 is 12.1 Å². The largest absolute Gasteiger partial charge is 0.479 e. The van der Waals surface area contributed by atoms with E-state index in [2.05, 4.69) is 12.2 Å². The smallest absolute Gasteiger partial charge is 0.333 e. The van der Waals surface area contributed by atoms with E-state index in [1.54, 1.807) is 25.1 Å². The highest BCUT2D eigenvalue weighted by Crippen LogP contribution is 2.29. The van der Waals surface area contributed by atoms with E-state index in [4.69, 9.17) is 27.9 Å². The number of rotatable bonds is 15. The SMILES string of the molecule is CCCCCCCN(CCc1ccc(C[C@H](OCC)C(=O)O)cc1)C(=O)Nc1cccc(Cl)c1Cl. The molecule has 1 atom stereocenters. The molecule has 35 heavy (non-hydrogen) atoms. The van der Waals surface area contributed by atoms with Gasteiger partial charge in [-0.3, -0.25) is 0 Å². The number of halogens is 2. The van der Waals surface area contributed by atoms with Gasteiger partial charge in [-0.05, 0) is 43.0 Å². The Morgan fingerprint density at radius 3 is 2.31 bits per heavy atom. The number of hydrogen-bond acceptors (Lipinski definition) is 3. The summed E-state index contributed by atoms with van der Waals surface area (Å²) in [5, 5.41) is 12.9. The molecule has 2 amide bonds. The van der Waals surface area contributed by atoms with Gasteiger partial charge in [-0.1, -0.05) is 86.1 Å². The molecule has 0 aliphatic heterocycles. The second kappa shape index (κ2) is 15.7. The van der Waals surface area contributed by atoms with Crippen molar-refractivity contribution in [1.29, 1.82) is 0 Å². The molecule has 0 saturated carbocycles. The standard InChI is InChI=1S/C27H36Cl2N2O4/c1-3-5-6-7-8-17-31(27(34)30-23-11-9-10-22(28)25(23)29)18-16-20-12-14-21(15-13-20)19-24(26(32)33)35-4-2/h9-15,24H,3-8,16-19H2,1-2H3,(H,30,34)(H,32,33)/t24-/m0/s1. The van der Waals surface area contributed by atoms with Gasteiger partial charge < -0.3 is 20.1 Å². The van der Waals surface area contributed by atoms with Crippen LogP contribution in [0, 0.1) is 0 Å². The van der Waals surface area contributed by atoms with Gasteiger partial charge in [0.25, 0.3) is 0 Å². The van der Waals surface area contributed by atoms with E-state index in [-0.39, 0.29) is 6.03 Å². The minimum atomic E-state index is -0.962. The van der Waals surface area contributed by atoms with E-state index in [0.29, 0.717) is 48.3 Å². The molecule has 192 valence electrons. The van der Waals surface area contributed by atoms with Crippen LogP contribution in [0.4, 0.5) is 10.5 Å². The first-order valence-electron chi connectivity index (χ1n) is 12.3. The van der Waals surface area contributed by atoms with E-state index in [9.17, 15) is 14.7 Å². The fraction of sp³-hybridized carbons (Fsp3) is 0.481. The molecule has 0 aliphatic rings. The van der Waals surface area contributed by atoms with Crippen LogP contribution in [0.3, 0.4) is 0 Å². The molecule has 0 bridgehead atoms. The van der Waals surface area contributed by atoms with Crippen molar-refractivity contribution in [3.8, 4) is 0 Å². The van der Waals surface area contributed by atoms with Gasteiger partial charge in [0.2, 0.25) is 0 Å². The molecule has 2 aromatic carbocycles. The number of hydrogen-bond donors (Lipinski definition) is 2. The number of ether oxygens (including phenoxy) is 1. The minimum Gasteiger partial charge on any atom is -0.479 e. The first-order valence-corrected chi connectivity index (χ1v) is 13.0. The number of carboxylic acid groups (broad SMARTS) is 1. The Morgan fingerprint density at radius 1 is 0.971 bits per heavy atom. The Hall–Kier alpha value is -2.28. The van der Waals surface area contributed by atoms with Gasteiger partial charge in [0.05, 0.1) is 15.7 Å². The molecule has 0 unspecified atom stereocenters. The number of unbranched alkanes of at least 4 members (excludes halogenated alkanes) is 4. The number of carbonyl (C=O) groups excluding carboxylic acids is 1. The second-order valence-electron chi connectivity index (χ2n) is 8.49. The molecule has 8 heteroatoms. The van der Waals surface area contributed by atoms with Gasteiger partial charge in [-0.15, -0.1) is 0 Å². The molecule has 2 N–H and O–H groups in total. The van der Waals surface area contributed by atoms with Crippen molar-refractivity contribution in [2.24, 2.45) is 0 Å². The van der Waals surface area contributed by atoms with Crippen molar-refractivity contribution < 1.29 is 19.4 Å². The summed E-state index contributed by atoms with van der Waals surface area (Å²) in [6, 6.07) is 12.8. The Kier molecular flexibility index (Phi) is 13.0. The van der Waals surface area contributed by atoms with Crippen LogP contribution in [0.25, 0.3) is 0 Å². The van der Waals surface area contributed by atoms with Gasteiger partial charge in [0.15, 0.2) is 6.10 Å². The lowest BCUT2D eigenvalue weighted by molar-refractivity contribution is -0.149. The maximum absolute atomic E-state index is 13.1. The summed E-state index contributed by atoms with van der Waals surface area (Å²) >= 11 is 12.3. The fourth-order valence-corrected chi connectivity index (χ4v) is 4.10. The topological polar surface area (TPSA) is 78.9 Å². The summed E-state index contributed by atoms with van der Waals surface area (Å²) in [6.45, 7) is 5.52. The number of carboxylic acids is 1. The number of carbonyl (C=O) groups is 2. The molecule has 6 nitrogen and oxygen atoms in total. The predicted molar refractivity (Wildman–Crippen MR) is 143 cm³/mol. The predicted octanol–water partition coefficient (Wildman–Crippen LogP) is 7.07. The highest BCUT2D eigenvalue weighted by atomic mass is 35.5. The average molecular weight is 524 g/mol. The van der Waals surface area contributed by atoms with Crippen molar-refractivity contribution >= 4 is 40.9 Å². The van der Waals surface area contributed by atoms with Gasteiger partial charge in [-0.25, -0.2) is 9.59 Å². The molecule has 2 aromatic rings. The van der Waals surface area contributed by atoms with Crippen molar-refractivity contribution in [2.45, 2.75) is 64.9 Å². The lowest BCUT2D eigenvalue weighted by atomic mass is 10.0. The fourth-order valence-electron chi connectivity index (χ4n) is 3.75. The number of amides is 2. The zero-order chi connectivity index (χ0) is 25.6. The molecule has 0 radical (unpaired) electrons. The van der Waals surface area contributed by atoms with E-state index in [0.717, 1.165) is 30.4 Å². The highest BCUT2D eigenvalue weighted by molar-refractivity contribution is 6.43. The molecule has 0 aliphatic carbocycles. The summed E-state index contributed by atoms with van der Waals surface area (Å²) in [6.07, 6.45) is 5.69. The van der Waals surface area contributed by atoms with Gasteiger partial charge >= 0.3 is 12.0 Å². The van der Waals surface area contributed by atoms with Crippen LogP contribution in [0.5, 0.6) is 0 Å². The summed E-state index contributed by atoms with van der Waals surface area (Å²) in [7, 11) is 0. The van der Waals surface area contributed by atoms with Crippen LogP contribution >= 0.6 is 23.2 Å². The monoisotopic (exact) mass is 522 g/mol. The van der Waals surface area contributed by atoms with Crippen molar-refractivity contribution in [2.75, 3.05) is 25.0 Å². The lowest BCUT2D eigenvalue weighted by Gasteiger charge is -2.24. The Bertz CT molecular complexity index is 937.